The SMILES string of the molecule is CC(=O)C1=Cc2c(C)ccc(C)c2CC1. The highest BCUT2D eigenvalue weighted by Gasteiger charge is 2.16. The van der Waals surface area contributed by atoms with Crippen molar-refractivity contribution in [1.29, 1.82) is 0 Å². The smallest absolute Gasteiger partial charge is 0.155 e. The van der Waals surface area contributed by atoms with Crippen LogP contribution in [0.1, 0.15) is 35.6 Å². The third kappa shape index (κ3) is 1.74. The van der Waals surface area contributed by atoms with E-state index in [-0.39, 0.29) is 5.78 Å². The molecule has 1 heteroatoms. The molecule has 1 aromatic carbocycles. The molecule has 1 aliphatic rings. The highest BCUT2D eigenvalue weighted by molar-refractivity contribution is 5.98. The molecule has 1 aromatic rings. The Bertz CT molecular complexity index is 453. The van der Waals surface area contributed by atoms with E-state index in [4.69, 9.17) is 0 Å². The third-order valence-corrected chi connectivity index (χ3v) is 3.22. The van der Waals surface area contributed by atoms with E-state index in [0.29, 0.717) is 0 Å². The minimum absolute atomic E-state index is 0.210. The van der Waals surface area contributed by atoms with E-state index in [2.05, 4.69) is 32.1 Å². The number of ketones is 1. The number of hydrogen-bond acceptors (Lipinski definition) is 1. The zero-order valence-electron chi connectivity index (χ0n) is 9.55. The summed E-state index contributed by atoms with van der Waals surface area (Å²) in [5.74, 6) is 0.210. The number of benzene rings is 1. The fourth-order valence-electron chi connectivity index (χ4n) is 2.21. The molecular formula is C14H16O. The summed E-state index contributed by atoms with van der Waals surface area (Å²) in [5, 5.41) is 0. The molecule has 0 atom stereocenters. The highest BCUT2D eigenvalue weighted by Crippen LogP contribution is 2.29. The molecule has 1 nitrogen and oxygen atoms in total. The van der Waals surface area contributed by atoms with Gasteiger partial charge in [0.05, 0.1) is 0 Å². The Morgan fingerprint density at radius 2 is 1.80 bits per heavy atom. The maximum absolute atomic E-state index is 11.3. The molecule has 1 aliphatic carbocycles. The molecule has 0 saturated heterocycles. The van der Waals surface area contributed by atoms with E-state index in [9.17, 15) is 4.79 Å². The summed E-state index contributed by atoms with van der Waals surface area (Å²) in [5.41, 5.74) is 6.27. The molecule has 0 bridgehead atoms. The van der Waals surface area contributed by atoms with E-state index < -0.39 is 0 Å². The van der Waals surface area contributed by atoms with Gasteiger partial charge in [0.25, 0.3) is 0 Å². The number of Topliss-reactive ketones (excluding diaryl/α,β-unsaturated/α-hetero) is 1. The van der Waals surface area contributed by atoms with Crippen LogP contribution in [-0.4, -0.2) is 5.78 Å². The largest absolute Gasteiger partial charge is 0.295 e. The van der Waals surface area contributed by atoms with Gasteiger partial charge in [0.2, 0.25) is 0 Å². The maximum Gasteiger partial charge on any atom is 0.155 e. The fourth-order valence-corrected chi connectivity index (χ4v) is 2.21. The van der Waals surface area contributed by atoms with Crippen molar-refractivity contribution in [3.05, 3.63) is 40.0 Å². The molecule has 0 aromatic heterocycles. The van der Waals surface area contributed by atoms with Crippen molar-refractivity contribution in [3.63, 3.8) is 0 Å². The molecule has 0 radical (unpaired) electrons. The van der Waals surface area contributed by atoms with Crippen LogP contribution in [-0.2, 0) is 11.2 Å². The van der Waals surface area contributed by atoms with Crippen molar-refractivity contribution >= 4 is 11.9 Å². The second kappa shape index (κ2) is 3.65. The molecule has 15 heavy (non-hydrogen) atoms. The van der Waals surface area contributed by atoms with E-state index in [0.717, 1.165) is 18.4 Å². The normalized spacial score (nSPS) is 14.5. The lowest BCUT2D eigenvalue weighted by atomic mass is 9.86. The molecule has 0 fully saturated rings. The Labute approximate surface area is 90.8 Å². The summed E-state index contributed by atoms with van der Waals surface area (Å²) in [7, 11) is 0. The number of aryl methyl sites for hydroxylation is 2. The highest BCUT2D eigenvalue weighted by atomic mass is 16.1. The number of hydrogen-bond donors (Lipinski definition) is 0. The van der Waals surface area contributed by atoms with Gasteiger partial charge in [0.1, 0.15) is 0 Å². The van der Waals surface area contributed by atoms with Gasteiger partial charge in [0.15, 0.2) is 5.78 Å². The van der Waals surface area contributed by atoms with Crippen LogP contribution >= 0.6 is 0 Å². The van der Waals surface area contributed by atoms with Crippen molar-refractivity contribution in [3.8, 4) is 0 Å². The van der Waals surface area contributed by atoms with Gasteiger partial charge in [-0.1, -0.05) is 12.1 Å². The van der Waals surface area contributed by atoms with Crippen molar-refractivity contribution in [1.82, 2.24) is 0 Å². The van der Waals surface area contributed by atoms with Gasteiger partial charge >= 0.3 is 0 Å². The van der Waals surface area contributed by atoms with Crippen LogP contribution in [0.3, 0.4) is 0 Å². The standard InChI is InChI=1S/C14H16O/c1-9-4-5-10(2)14-8-12(11(3)15)6-7-13(9)14/h4-5,8H,6-7H2,1-3H3. The van der Waals surface area contributed by atoms with E-state index in [1.54, 1.807) is 6.92 Å². The van der Waals surface area contributed by atoms with E-state index >= 15 is 0 Å². The molecule has 78 valence electrons. The molecule has 0 amide bonds. The quantitative estimate of drug-likeness (QED) is 0.680. The average molecular weight is 200 g/mol. The monoisotopic (exact) mass is 200 g/mol. The average Bonchev–Trinajstić information content (AvgIpc) is 2.23. The maximum atomic E-state index is 11.3. The molecular weight excluding hydrogens is 184 g/mol. The first-order valence-electron chi connectivity index (χ1n) is 5.40. The minimum Gasteiger partial charge on any atom is -0.295 e. The number of carbonyl (C=O) groups is 1. The van der Waals surface area contributed by atoms with Crippen LogP contribution in [0.25, 0.3) is 6.08 Å². The van der Waals surface area contributed by atoms with Gasteiger partial charge in [-0.3, -0.25) is 4.79 Å². The van der Waals surface area contributed by atoms with E-state index in [1.165, 1.54) is 22.3 Å². The molecule has 0 heterocycles. The summed E-state index contributed by atoms with van der Waals surface area (Å²) in [6.45, 7) is 5.91. The lowest BCUT2D eigenvalue weighted by molar-refractivity contribution is -0.113. The Morgan fingerprint density at radius 1 is 1.13 bits per heavy atom. The van der Waals surface area contributed by atoms with Gasteiger partial charge in [-0.25, -0.2) is 0 Å². The van der Waals surface area contributed by atoms with Crippen LogP contribution in [0.5, 0.6) is 0 Å². The predicted molar refractivity (Wildman–Crippen MR) is 62.9 cm³/mol. The van der Waals surface area contributed by atoms with Gasteiger partial charge < -0.3 is 0 Å². The molecule has 2 rings (SSSR count). The van der Waals surface area contributed by atoms with Crippen LogP contribution in [0.15, 0.2) is 17.7 Å². The summed E-state index contributed by atoms with van der Waals surface area (Å²) < 4.78 is 0. The lowest BCUT2D eigenvalue weighted by Gasteiger charge is -2.19. The molecule has 0 N–H and O–H groups in total. The van der Waals surface area contributed by atoms with Crippen molar-refractivity contribution in [2.45, 2.75) is 33.6 Å². The fraction of sp³-hybridized carbons (Fsp3) is 0.357. The molecule has 0 saturated carbocycles. The number of allylic oxidation sites excluding steroid dienone is 1. The van der Waals surface area contributed by atoms with Gasteiger partial charge in [-0.2, -0.15) is 0 Å². The minimum atomic E-state index is 0.210. The Morgan fingerprint density at radius 3 is 2.47 bits per heavy atom. The zero-order chi connectivity index (χ0) is 11.0. The van der Waals surface area contributed by atoms with Crippen molar-refractivity contribution < 1.29 is 4.79 Å². The third-order valence-electron chi connectivity index (χ3n) is 3.22. The number of fused-ring (bicyclic) bond motifs is 1. The summed E-state index contributed by atoms with van der Waals surface area (Å²) in [6.07, 6.45) is 3.98. The van der Waals surface area contributed by atoms with Gasteiger partial charge in [-0.05, 0) is 67.5 Å². The van der Waals surface area contributed by atoms with Gasteiger partial charge in [-0.15, -0.1) is 0 Å². The van der Waals surface area contributed by atoms with Crippen LogP contribution < -0.4 is 0 Å². The molecule has 0 unspecified atom stereocenters. The zero-order valence-corrected chi connectivity index (χ0v) is 9.55. The first-order valence-corrected chi connectivity index (χ1v) is 5.40. The lowest BCUT2D eigenvalue weighted by Crippen LogP contribution is -2.07. The van der Waals surface area contributed by atoms with Crippen molar-refractivity contribution in [2.75, 3.05) is 0 Å². The van der Waals surface area contributed by atoms with Gasteiger partial charge in [0, 0.05) is 0 Å². The summed E-state index contributed by atoms with van der Waals surface area (Å²) in [4.78, 5) is 11.3. The summed E-state index contributed by atoms with van der Waals surface area (Å²) >= 11 is 0. The molecule has 0 spiro atoms. The van der Waals surface area contributed by atoms with Crippen LogP contribution in [0.2, 0.25) is 0 Å². The molecule has 0 aliphatic heterocycles. The summed E-state index contributed by atoms with van der Waals surface area (Å²) in [6, 6.07) is 4.30. The predicted octanol–water partition coefficient (Wildman–Crippen LogP) is 3.22. The van der Waals surface area contributed by atoms with Crippen LogP contribution in [0, 0.1) is 13.8 Å². The Balaban J connectivity index is 2.59. The second-order valence-electron chi connectivity index (χ2n) is 4.32. The first-order chi connectivity index (χ1) is 7.09. The van der Waals surface area contributed by atoms with Crippen LogP contribution in [0.4, 0.5) is 0 Å². The number of carbonyl (C=O) groups excluding carboxylic acids is 1. The first kappa shape index (κ1) is 10.2. The second-order valence-corrected chi connectivity index (χ2v) is 4.32. The number of rotatable bonds is 1. The Hall–Kier alpha value is -1.37. The van der Waals surface area contributed by atoms with E-state index in [1.807, 2.05) is 0 Å². The van der Waals surface area contributed by atoms with Crippen molar-refractivity contribution in [2.24, 2.45) is 0 Å². The Kier molecular flexibility index (Phi) is 2.47. The topological polar surface area (TPSA) is 17.1 Å².